The van der Waals surface area contributed by atoms with E-state index in [1.165, 1.54) is 0 Å². The largest absolute Gasteiger partial charge is 0.342 e. The maximum Gasteiger partial charge on any atom is 0.245 e. The lowest BCUT2D eigenvalue weighted by atomic mass is 9.97. The Bertz CT molecular complexity index is 393. The Labute approximate surface area is 126 Å². The van der Waals surface area contributed by atoms with Gasteiger partial charge in [0.05, 0.1) is 0 Å². The van der Waals surface area contributed by atoms with Crippen molar-refractivity contribution in [3.63, 3.8) is 0 Å². The van der Waals surface area contributed by atoms with Crippen LogP contribution in [0.5, 0.6) is 0 Å². The number of rotatable bonds is 6. The molecular formula is C15H26N2O2S. The number of hydrogen-bond donors (Lipinski definition) is 1. The number of carbonyl (C=O) groups is 2. The molecule has 2 atom stereocenters. The molecule has 0 aromatic carbocycles. The monoisotopic (exact) mass is 298 g/mol. The SMILES string of the molecule is CCC1C(=O)NC(CC(C)C)C(=O)N1CC1(SC)CC1. The van der Waals surface area contributed by atoms with E-state index in [2.05, 4.69) is 25.4 Å². The molecule has 5 heteroatoms. The summed E-state index contributed by atoms with van der Waals surface area (Å²) < 4.78 is 0.211. The topological polar surface area (TPSA) is 49.4 Å². The molecule has 0 aromatic heterocycles. The van der Waals surface area contributed by atoms with E-state index >= 15 is 0 Å². The number of amides is 2. The summed E-state index contributed by atoms with van der Waals surface area (Å²) in [6, 6.07) is -0.613. The van der Waals surface area contributed by atoms with Gasteiger partial charge in [0, 0.05) is 11.3 Å². The molecule has 1 heterocycles. The summed E-state index contributed by atoms with van der Waals surface area (Å²) in [6.45, 7) is 6.87. The molecule has 1 saturated carbocycles. The molecule has 0 radical (unpaired) electrons. The summed E-state index contributed by atoms with van der Waals surface area (Å²) >= 11 is 1.84. The van der Waals surface area contributed by atoms with Crippen LogP contribution >= 0.6 is 11.8 Å². The van der Waals surface area contributed by atoms with E-state index in [9.17, 15) is 9.59 Å². The van der Waals surface area contributed by atoms with Gasteiger partial charge in [-0.25, -0.2) is 0 Å². The maximum atomic E-state index is 12.7. The lowest BCUT2D eigenvalue weighted by molar-refractivity contribution is -0.150. The predicted molar refractivity (Wildman–Crippen MR) is 82.7 cm³/mol. The van der Waals surface area contributed by atoms with Gasteiger partial charge in [-0.15, -0.1) is 0 Å². The lowest BCUT2D eigenvalue weighted by Gasteiger charge is -2.40. The number of nitrogens with one attached hydrogen (secondary N) is 1. The van der Waals surface area contributed by atoms with Gasteiger partial charge in [0.15, 0.2) is 0 Å². The third-order valence-electron chi connectivity index (χ3n) is 4.37. The van der Waals surface area contributed by atoms with Gasteiger partial charge in [-0.3, -0.25) is 9.59 Å². The first-order valence-electron chi connectivity index (χ1n) is 7.58. The van der Waals surface area contributed by atoms with Crippen LogP contribution < -0.4 is 5.32 Å². The Morgan fingerprint density at radius 3 is 2.50 bits per heavy atom. The Hall–Kier alpha value is -0.710. The second kappa shape index (κ2) is 5.96. The Morgan fingerprint density at radius 1 is 1.40 bits per heavy atom. The van der Waals surface area contributed by atoms with Crippen LogP contribution in [0.1, 0.15) is 46.5 Å². The van der Waals surface area contributed by atoms with Gasteiger partial charge >= 0.3 is 0 Å². The molecule has 20 heavy (non-hydrogen) atoms. The number of hydrogen-bond acceptors (Lipinski definition) is 3. The molecule has 114 valence electrons. The number of nitrogens with zero attached hydrogens (tertiary/aromatic N) is 1. The van der Waals surface area contributed by atoms with Crippen molar-refractivity contribution in [2.24, 2.45) is 5.92 Å². The Balaban J connectivity index is 2.14. The molecule has 2 rings (SSSR count). The zero-order valence-electron chi connectivity index (χ0n) is 12.9. The molecule has 0 spiro atoms. The molecule has 1 aliphatic heterocycles. The van der Waals surface area contributed by atoms with Gasteiger partial charge in [0.2, 0.25) is 11.8 Å². The van der Waals surface area contributed by atoms with Crippen LogP contribution in [0, 0.1) is 5.92 Å². The minimum atomic E-state index is -0.331. The van der Waals surface area contributed by atoms with E-state index in [1.54, 1.807) is 0 Å². The molecule has 2 unspecified atom stereocenters. The first-order chi connectivity index (χ1) is 9.42. The number of carbonyl (C=O) groups excluding carboxylic acids is 2. The molecule has 1 aliphatic carbocycles. The second-order valence-electron chi connectivity index (χ2n) is 6.47. The lowest BCUT2D eigenvalue weighted by Crippen LogP contribution is -2.64. The number of thioether (sulfide) groups is 1. The summed E-state index contributed by atoms with van der Waals surface area (Å²) in [7, 11) is 0. The quantitative estimate of drug-likeness (QED) is 0.816. The van der Waals surface area contributed by atoms with Crippen molar-refractivity contribution in [2.45, 2.75) is 63.3 Å². The van der Waals surface area contributed by atoms with Crippen LogP contribution in [0.2, 0.25) is 0 Å². The summed E-state index contributed by atoms with van der Waals surface area (Å²) in [5.41, 5.74) is 0. The smallest absolute Gasteiger partial charge is 0.245 e. The van der Waals surface area contributed by atoms with Crippen LogP contribution in [0.15, 0.2) is 0 Å². The summed E-state index contributed by atoms with van der Waals surface area (Å²) in [5.74, 6) is 0.542. The molecule has 2 fully saturated rings. The number of piperazine rings is 1. The van der Waals surface area contributed by atoms with Crippen LogP contribution in [0.4, 0.5) is 0 Å². The van der Waals surface area contributed by atoms with Gasteiger partial charge < -0.3 is 10.2 Å². The molecule has 2 aliphatic rings. The fraction of sp³-hybridized carbons (Fsp3) is 0.867. The van der Waals surface area contributed by atoms with Gasteiger partial charge in [0.1, 0.15) is 12.1 Å². The van der Waals surface area contributed by atoms with Crippen LogP contribution in [0.25, 0.3) is 0 Å². The van der Waals surface area contributed by atoms with Gasteiger partial charge in [0.25, 0.3) is 0 Å². The van der Waals surface area contributed by atoms with E-state index in [-0.39, 0.29) is 28.6 Å². The van der Waals surface area contributed by atoms with Crippen molar-refractivity contribution in [1.82, 2.24) is 10.2 Å². The Kier molecular flexibility index (Phi) is 4.67. The van der Waals surface area contributed by atoms with E-state index in [0.29, 0.717) is 12.3 Å². The van der Waals surface area contributed by atoms with E-state index in [0.717, 1.165) is 25.8 Å². The van der Waals surface area contributed by atoms with Crippen molar-refractivity contribution >= 4 is 23.6 Å². The third kappa shape index (κ3) is 3.13. The van der Waals surface area contributed by atoms with Gasteiger partial charge in [-0.1, -0.05) is 20.8 Å². The zero-order chi connectivity index (χ0) is 14.9. The van der Waals surface area contributed by atoms with E-state index in [1.807, 2.05) is 23.6 Å². The van der Waals surface area contributed by atoms with Crippen LogP contribution in [-0.4, -0.2) is 46.3 Å². The summed E-state index contributed by atoms with van der Waals surface area (Å²) in [5, 5.41) is 2.92. The second-order valence-corrected chi connectivity index (χ2v) is 7.74. The van der Waals surface area contributed by atoms with Gasteiger partial charge in [-0.05, 0) is 37.9 Å². The van der Waals surface area contributed by atoms with Crippen LogP contribution in [-0.2, 0) is 9.59 Å². The molecule has 1 N–H and O–H groups in total. The minimum absolute atomic E-state index is 0.0228. The molecule has 0 bridgehead atoms. The fourth-order valence-electron chi connectivity index (χ4n) is 2.93. The van der Waals surface area contributed by atoms with Gasteiger partial charge in [-0.2, -0.15) is 11.8 Å². The summed E-state index contributed by atoms with van der Waals surface area (Å²) in [6.07, 6.45) is 5.84. The van der Waals surface area contributed by atoms with Crippen molar-refractivity contribution in [3.8, 4) is 0 Å². The third-order valence-corrected chi connectivity index (χ3v) is 5.77. The highest BCUT2D eigenvalue weighted by Gasteiger charge is 2.48. The first kappa shape index (κ1) is 15.7. The average molecular weight is 298 g/mol. The molecular weight excluding hydrogens is 272 g/mol. The minimum Gasteiger partial charge on any atom is -0.342 e. The highest BCUT2D eigenvalue weighted by Crippen LogP contribution is 2.48. The zero-order valence-corrected chi connectivity index (χ0v) is 13.8. The van der Waals surface area contributed by atoms with Crippen molar-refractivity contribution in [3.05, 3.63) is 0 Å². The molecule has 1 saturated heterocycles. The first-order valence-corrected chi connectivity index (χ1v) is 8.81. The Morgan fingerprint density at radius 2 is 2.05 bits per heavy atom. The standard InChI is InChI=1S/C15H26N2O2S/c1-5-12-13(18)16-11(8-10(2)3)14(19)17(12)9-15(20-4)6-7-15/h10-12H,5-9H2,1-4H3,(H,16,18). The van der Waals surface area contributed by atoms with E-state index < -0.39 is 0 Å². The highest BCUT2D eigenvalue weighted by atomic mass is 32.2. The predicted octanol–water partition coefficient (Wildman–Crippen LogP) is 2.03. The van der Waals surface area contributed by atoms with Crippen molar-refractivity contribution in [2.75, 3.05) is 12.8 Å². The van der Waals surface area contributed by atoms with E-state index in [4.69, 9.17) is 0 Å². The molecule has 2 amide bonds. The fourth-order valence-corrected chi connectivity index (χ4v) is 3.71. The molecule has 0 aromatic rings. The molecule has 4 nitrogen and oxygen atoms in total. The van der Waals surface area contributed by atoms with Crippen molar-refractivity contribution < 1.29 is 9.59 Å². The van der Waals surface area contributed by atoms with Crippen molar-refractivity contribution in [1.29, 1.82) is 0 Å². The normalized spacial score (nSPS) is 28.8. The maximum absolute atomic E-state index is 12.7. The summed E-state index contributed by atoms with van der Waals surface area (Å²) in [4.78, 5) is 26.8. The highest BCUT2D eigenvalue weighted by molar-refractivity contribution is 8.00. The average Bonchev–Trinajstić information content (AvgIpc) is 3.15. The van der Waals surface area contributed by atoms with Crippen LogP contribution in [0.3, 0.4) is 0 Å².